The summed E-state index contributed by atoms with van der Waals surface area (Å²) in [6.07, 6.45) is 2.14. The Hall–Kier alpha value is -0.410. The molecule has 0 amide bonds. The van der Waals surface area contributed by atoms with Crippen molar-refractivity contribution in [2.24, 2.45) is 17.1 Å². The van der Waals surface area contributed by atoms with Gasteiger partial charge in [-0.25, -0.2) is 4.98 Å². The smallest absolute Gasteiger partial charge is 0.0933 e. The highest BCUT2D eigenvalue weighted by molar-refractivity contribution is 7.11. The molecule has 1 rings (SSSR count). The molecule has 0 saturated heterocycles. The highest BCUT2D eigenvalue weighted by Gasteiger charge is 2.20. The lowest BCUT2D eigenvalue weighted by molar-refractivity contribution is 0.379. The van der Waals surface area contributed by atoms with Gasteiger partial charge in [-0.15, -0.1) is 11.3 Å². The van der Waals surface area contributed by atoms with Gasteiger partial charge in [-0.3, -0.25) is 0 Å². The van der Waals surface area contributed by atoms with E-state index >= 15 is 0 Å². The fraction of sp³-hybridized carbons (Fsp3) is 0.769. The van der Waals surface area contributed by atoms with Crippen LogP contribution in [0.3, 0.4) is 0 Å². The zero-order valence-electron chi connectivity index (χ0n) is 11.1. The molecule has 92 valence electrons. The Labute approximate surface area is 103 Å². The van der Waals surface area contributed by atoms with E-state index in [1.807, 2.05) is 11.3 Å². The van der Waals surface area contributed by atoms with Crippen LogP contribution in [-0.4, -0.2) is 11.5 Å². The van der Waals surface area contributed by atoms with Crippen molar-refractivity contribution in [3.05, 3.63) is 15.6 Å². The number of aryl methyl sites for hydroxylation is 1. The maximum absolute atomic E-state index is 5.78. The van der Waals surface area contributed by atoms with Crippen LogP contribution in [0, 0.1) is 18.3 Å². The summed E-state index contributed by atoms with van der Waals surface area (Å²) in [6.45, 7) is 11.7. The van der Waals surface area contributed by atoms with E-state index in [0.717, 1.165) is 19.4 Å². The van der Waals surface area contributed by atoms with Crippen LogP contribution in [0.2, 0.25) is 0 Å². The van der Waals surface area contributed by atoms with Crippen molar-refractivity contribution >= 4 is 11.3 Å². The monoisotopic (exact) mass is 240 g/mol. The van der Waals surface area contributed by atoms with Gasteiger partial charge in [0.2, 0.25) is 0 Å². The molecule has 0 spiro atoms. The van der Waals surface area contributed by atoms with Crippen LogP contribution in [0.15, 0.2) is 0 Å². The zero-order chi connectivity index (χ0) is 12.3. The van der Waals surface area contributed by atoms with Crippen LogP contribution >= 0.6 is 11.3 Å². The Morgan fingerprint density at radius 3 is 2.50 bits per heavy atom. The van der Waals surface area contributed by atoms with E-state index in [1.165, 1.54) is 15.6 Å². The van der Waals surface area contributed by atoms with Crippen LogP contribution in [0.25, 0.3) is 0 Å². The highest BCUT2D eigenvalue weighted by atomic mass is 32.1. The SMILES string of the molecule is Cc1nc(CC(C)C)sc1CC(C)(C)CN. The lowest BCUT2D eigenvalue weighted by Gasteiger charge is -2.21. The summed E-state index contributed by atoms with van der Waals surface area (Å²) in [5.74, 6) is 0.681. The first-order valence-corrected chi connectivity index (χ1v) is 6.81. The number of nitrogens with zero attached hydrogens (tertiary/aromatic N) is 1. The molecule has 0 atom stereocenters. The predicted molar refractivity (Wildman–Crippen MR) is 71.9 cm³/mol. The molecule has 0 aliphatic rings. The largest absolute Gasteiger partial charge is 0.330 e. The number of aromatic nitrogens is 1. The van der Waals surface area contributed by atoms with E-state index in [1.54, 1.807) is 0 Å². The third-order valence-corrected chi connectivity index (χ3v) is 3.89. The molecule has 2 nitrogen and oxygen atoms in total. The second kappa shape index (κ2) is 5.28. The highest BCUT2D eigenvalue weighted by Crippen LogP contribution is 2.28. The first-order chi connectivity index (χ1) is 7.34. The Balaban J connectivity index is 2.78. The molecule has 1 aromatic heterocycles. The average Bonchev–Trinajstić information content (AvgIpc) is 2.45. The van der Waals surface area contributed by atoms with Gasteiger partial charge in [0.25, 0.3) is 0 Å². The molecule has 1 aromatic rings. The van der Waals surface area contributed by atoms with Crippen LogP contribution in [0.5, 0.6) is 0 Å². The van der Waals surface area contributed by atoms with Crippen molar-refractivity contribution in [1.29, 1.82) is 0 Å². The molecule has 0 aliphatic carbocycles. The molecule has 0 aliphatic heterocycles. The van der Waals surface area contributed by atoms with Gasteiger partial charge in [0.05, 0.1) is 10.7 Å². The first-order valence-electron chi connectivity index (χ1n) is 5.99. The van der Waals surface area contributed by atoms with Gasteiger partial charge in [0, 0.05) is 11.3 Å². The molecule has 0 radical (unpaired) electrons. The van der Waals surface area contributed by atoms with E-state index in [-0.39, 0.29) is 5.41 Å². The molecule has 16 heavy (non-hydrogen) atoms. The Bertz CT molecular complexity index is 340. The van der Waals surface area contributed by atoms with E-state index in [0.29, 0.717) is 5.92 Å². The minimum absolute atomic E-state index is 0.187. The number of rotatable bonds is 5. The molecular formula is C13H24N2S. The van der Waals surface area contributed by atoms with Crippen LogP contribution in [-0.2, 0) is 12.8 Å². The molecule has 0 aromatic carbocycles. The molecule has 0 fully saturated rings. The first kappa shape index (κ1) is 13.7. The summed E-state index contributed by atoms with van der Waals surface area (Å²) in [6, 6.07) is 0. The maximum atomic E-state index is 5.78. The summed E-state index contributed by atoms with van der Waals surface area (Å²) < 4.78 is 0. The van der Waals surface area contributed by atoms with Gasteiger partial charge in [-0.2, -0.15) is 0 Å². The van der Waals surface area contributed by atoms with Crippen molar-refractivity contribution in [3.63, 3.8) is 0 Å². The summed E-state index contributed by atoms with van der Waals surface area (Å²) >= 11 is 1.86. The second-order valence-corrected chi connectivity index (χ2v) is 6.93. The third-order valence-electron chi connectivity index (χ3n) is 2.71. The normalized spacial score (nSPS) is 12.4. The molecular weight excluding hydrogens is 216 g/mol. The summed E-state index contributed by atoms with van der Waals surface area (Å²) in [5, 5.41) is 1.27. The van der Waals surface area contributed by atoms with Gasteiger partial charge in [0.1, 0.15) is 0 Å². The maximum Gasteiger partial charge on any atom is 0.0933 e. The summed E-state index contributed by atoms with van der Waals surface area (Å²) in [4.78, 5) is 6.06. The lowest BCUT2D eigenvalue weighted by Crippen LogP contribution is -2.25. The standard InChI is InChI=1S/C13H24N2S/c1-9(2)6-12-15-10(3)11(16-12)7-13(4,5)8-14/h9H,6-8,14H2,1-5H3. The van der Waals surface area contributed by atoms with Gasteiger partial charge < -0.3 is 5.73 Å². The van der Waals surface area contributed by atoms with Crippen molar-refractivity contribution < 1.29 is 0 Å². The number of hydrogen-bond acceptors (Lipinski definition) is 3. The van der Waals surface area contributed by atoms with Crippen LogP contribution < -0.4 is 5.73 Å². The topological polar surface area (TPSA) is 38.9 Å². The van der Waals surface area contributed by atoms with Gasteiger partial charge in [-0.05, 0) is 31.2 Å². The quantitative estimate of drug-likeness (QED) is 0.858. The fourth-order valence-corrected chi connectivity index (χ4v) is 3.14. The van der Waals surface area contributed by atoms with Crippen LogP contribution in [0.4, 0.5) is 0 Å². The predicted octanol–water partition coefficient (Wildman–Crippen LogP) is 3.18. The zero-order valence-corrected chi connectivity index (χ0v) is 11.9. The minimum atomic E-state index is 0.187. The molecule has 0 saturated carbocycles. The summed E-state index contributed by atoms with van der Waals surface area (Å²) in [5.41, 5.74) is 7.16. The van der Waals surface area contributed by atoms with Crippen molar-refractivity contribution in [3.8, 4) is 0 Å². The van der Waals surface area contributed by atoms with E-state index < -0.39 is 0 Å². The van der Waals surface area contributed by atoms with Gasteiger partial charge >= 0.3 is 0 Å². The third kappa shape index (κ3) is 3.87. The Morgan fingerprint density at radius 1 is 1.38 bits per heavy atom. The Morgan fingerprint density at radius 2 is 2.00 bits per heavy atom. The molecule has 3 heteroatoms. The molecule has 1 heterocycles. The molecule has 2 N–H and O–H groups in total. The van der Waals surface area contributed by atoms with E-state index in [2.05, 4.69) is 39.6 Å². The Kier molecular flexibility index (Phi) is 4.51. The number of nitrogens with two attached hydrogens (primary N) is 1. The van der Waals surface area contributed by atoms with Gasteiger partial charge in [-0.1, -0.05) is 27.7 Å². The summed E-state index contributed by atoms with van der Waals surface area (Å²) in [7, 11) is 0. The lowest BCUT2D eigenvalue weighted by atomic mass is 9.88. The second-order valence-electron chi connectivity index (χ2n) is 5.76. The average molecular weight is 240 g/mol. The van der Waals surface area contributed by atoms with Crippen molar-refractivity contribution in [1.82, 2.24) is 4.98 Å². The molecule has 0 unspecified atom stereocenters. The van der Waals surface area contributed by atoms with Crippen molar-refractivity contribution in [2.75, 3.05) is 6.54 Å². The van der Waals surface area contributed by atoms with Crippen LogP contribution in [0.1, 0.15) is 43.3 Å². The van der Waals surface area contributed by atoms with Gasteiger partial charge in [0.15, 0.2) is 0 Å². The van der Waals surface area contributed by atoms with E-state index in [4.69, 9.17) is 5.73 Å². The fourth-order valence-electron chi connectivity index (χ4n) is 1.60. The molecule has 0 bridgehead atoms. The number of thiazole rings is 1. The minimum Gasteiger partial charge on any atom is -0.330 e. The van der Waals surface area contributed by atoms with E-state index in [9.17, 15) is 0 Å². The number of hydrogen-bond donors (Lipinski definition) is 1. The van der Waals surface area contributed by atoms with Crippen molar-refractivity contribution in [2.45, 2.75) is 47.5 Å².